The van der Waals surface area contributed by atoms with Gasteiger partial charge in [0.05, 0.1) is 5.92 Å². The average molecular weight is 210 g/mol. The molecule has 15 heavy (non-hydrogen) atoms. The van der Waals surface area contributed by atoms with Crippen molar-refractivity contribution < 1.29 is 4.79 Å². The molecule has 1 N–H and O–H groups in total. The van der Waals surface area contributed by atoms with Crippen LogP contribution in [0.5, 0.6) is 0 Å². The first-order valence-electron chi connectivity index (χ1n) is 6.23. The van der Waals surface area contributed by atoms with Gasteiger partial charge in [0.25, 0.3) is 0 Å². The highest BCUT2D eigenvalue weighted by Crippen LogP contribution is 2.27. The Labute approximate surface area is 92.2 Å². The number of amides is 1. The van der Waals surface area contributed by atoms with Crippen LogP contribution in [0.4, 0.5) is 0 Å². The molecular formula is C12H22N2O. The highest BCUT2D eigenvalue weighted by atomic mass is 16.2. The van der Waals surface area contributed by atoms with Gasteiger partial charge in [-0.2, -0.15) is 0 Å². The zero-order chi connectivity index (χ0) is 10.7. The maximum absolute atomic E-state index is 12.1. The van der Waals surface area contributed by atoms with E-state index in [1.807, 2.05) is 11.9 Å². The normalized spacial score (nSPS) is 27.1. The number of carbonyl (C=O) groups is 1. The third kappa shape index (κ3) is 2.71. The van der Waals surface area contributed by atoms with Gasteiger partial charge in [-0.3, -0.25) is 4.79 Å². The summed E-state index contributed by atoms with van der Waals surface area (Å²) in [5, 5.41) is 3.30. The molecule has 0 bridgehead atoms. The van der Waals surface area contributed by atoms with E-state index in [2.05, 4.69) is 5.32 Å². The fraction of sp³-hybridized carbons (Fsp3) is 0.917. The van der Waals surface area contributed by atoms with Crippen LogP contribution in [0.25, 0.3) is 0 Å². The van der Waals surface area contributed by atoms with E-state index in [0.717, 1.165) is 38.4 Å². The van der Waals surface area contributed by atoms with Crippen LogP contribution in [-0.2, 0) is 4.79 Å². The topological polar surface area (TPSA) is 32.3 Å². The minimum Gasteiger partial charge on any atom is -0.345 e. The summed E-state index contributed by atoms with van der Waals surface area (Å²) in [7, 11) is 1.97. The number of rotatable bonds is 3. The van der Waals surface area contributed by atoms with E-state index in [9.17, 15) is 4.79 Å². The van der Waals surface area contributed by atoms with Gasteiger partial charge in [0.1, 0.15) is 0 Å². The van der Waals surface area contributed by atoms with Gasteiger partial charge < -0.3 is 10.2 Å². The first-order valence-corrected chi connectivity index (χ1v) is 6.23. The first-order chi connectivity index (χ1) is 7.27. The van der Waals surface area contributed by atoms with E-state index in [1.165, 1.54) is 19.3 Å². The second kappa shape index (κ2) is 4.97. The fourth-order valence-electron chi connectivity index (χ4n) is 2.53. The minimum absolute atomic E-state index is 0.240. The second-order valence-electron chi connectivity index (χ2n) is 5.06. The highest BCUT2D eigenvalue weighted by Gasteiger charge is 2.26. The van der Waals surface area contributed by atoms with Crippen molar-refractivity contribution in [3.05, 3.63) is 0 Å². The third-order valence-corrected chi connectivity index (χ3v) is 3.78. The molecule has 86 valence electrons. The number of carbonyl (C=O) groups excluding carboxylic acids is 1. The van der Waals surface area contributed by atoms with Crippen LogP contribution < -0.4 is 5.32 Å². The van der Waals surface area contributed by atoms with Gasteiger partial charge in [-0.05, 0) is 38.1 Å². The second-order valence-corrected chi connectivity index (χ2v) is 5.06. The van der Waals surface area contributed by atoms with E-state index in [4.69, 9.17) is 0 Å². The molecule has 0 unspecified atom stereocenters. The monoisotopic (exact) mass is 210 g/mol. The van der Waals surface area contributed by atoms with Crippen LogP contribution in [0.2, 0.25) is 0 Å². The van der Waals surface area contributed by atoms with E-state index in [0.29, 0.717) is 5.91 Å². The summed E-state index contributed by atoms with van der Waals surface area (Å²) in [6.07, 6.45) is 6.22. The number of hydrogen-bond donors (Lipinski definition) is 1. The molecule has 2 fully saturated rings. The molecule has 0 aromatic carbocycles. The number of nitrogens with zero attached hydrogens (tertiary/aromatic N) is 1. The van der Waals surface area contributed by atoms with Crippen LogP contribution in [0, 0.1) is 11.8 Å². The third-order valence-electron chi connectivity index (χ3n) is 3.78. The van der Waals surface area contributed by atoms with Crippen molar-refractivity contribution in [1.82, 2.24) is 10.2 Å². The first kappa shape index (κ1) is 10.9. The van der Waals surface area contributed by atoms with Crippen molar-refractivity contribution in [3.63, 3.8) is 0 Å². The minimum atomic E-state index is 0.240. The van der Waals surface area contributed by atoms with Gasteiger partial charge in [-0.25, -0.2) is 0 Å². The van der Waals surface area contributed by atoms with Gasteiger partial charge in [-0.15, -0.1) is 0 Å². The lowest BCUT2D eigenvalue weighted by atomic mass is 9.85. The average Bonchev–Trinajstić information content (AvgIpc) is 2.23. The molecule has 2 rings (SSSR count). The Bertz CT molecular complexity index is 220. The van der Waals surface area contributed by atoms with Crippen molar-refractivity contribution in [2.24, 2.45) is 11.8 Å². The molecule has 1 heterocycles. The van der Waals surface area contributed by atoms with Crippen LogP contribution in [0.15, 0.2) is 0 Å². The summed E-state index contributed by atoms with van der Waals surface area (Å²) < 4.78 is 0. The van der Waals surface area contributed by atoms with Gasteiger partial charge >= 0.3 is 0 Å². The number of hydrogen-bond acceptors (Lipinski definition) is 2. The number of piperidine rings is 1. The lowest BCUT2D eigenvalue weighted by molar-refractivity contribution is -0.135. The summed E-state index contributed by atoms with van der Waals surface area (Å²) in [6.45, 7) is 2.94. The van der Waals surface area contributed by atoms with Gasteiger partial charge in [-0.1, -0.05) is 6.42 Å². The van der Waals surface area contributed by atoms with Crippen LogP contribution >= 0.6 is 0 Å². The molecule has 1 amide bonds. The van der Waals surface area contributed by atoms with E-state index in [1.54, 1.807) is 0 Å². The van der Waals surface area contributed by atoms with Crippen molar-refractivity contribution in [2.45, 2.75) is 32.1 Å². The predicted molar refractivity (Wildman–Crippen MR) is 60.6 cm³/mol. The van der Waals surface area contributed by atoms with Gasteiger partial charge in [0.15, 0.2) is 0 Å². The summed E-state index contributed by atoms with van der Waals surface area (Å²) in [4.78, 5) is 14.0. The van der Waals surface area contributed by atoms with Crippen molar-refractivity contribution in [3.8, 4) is 0 Å². The maximum atomic E-state index is 12.1. The molecule has 0 aromatic rings. The Morgan fingerprint density at radius 1 is 1.33 bits per heavy atom. The standard InChI is InChI=1S/C12H22N2O/c1-14(9-10-4-2-5-10)12(15)11-6-3-7-13-8-11/h10-11,13H,2-9H2,1H3/t11-/m1/s1. The lowest BCUT2D eigenvalue weighted by Crippen LogP contribution is -2.43. The summed E-state index contributed by atoms with van der Waals surface area (Å²) >= 11 is 0. The Morgan fingerprint density at radius 3 is 2.67 bits per heavy atom. The molecule has 1 saturated carbocycles. The molecule has 3 heteroatoms. The smallest absolute Gasteiger partial charge is 0.226 e. The Kier molecular flexibility index (Phi) is 3.62. The van der Waals surface area contributed by atoms with E-state index < -0.39 is 0 Å². The summed E-state index contributed by atoms with van der Waals surface area (Å²) in [6, 6.07) is 0. The molecule has 1 saturated heterocycles. The molecule has 1 aliphatic heterocycles. The van der Waals surface area contributed by atoms with Crippen molar-refractivity contribution in [2.75, 3.05) is 26.7 Å². The Morgan fingerprint density at radius 2 is 2.13 bits per heavy atom. The quantitative estimate of drug-likeness (QED) is 0.760. The zero-order valence-corrected chi connectivity index (χ0v) is 9.67. The largest absolute Gasteiger partial charge is 0.345 e. The maximum Gasteiger partial charge on any atom is 0.226 e. The Hall–Kier alpha value is -0.570. The SMILES string of the molecule is CN(CC1CCC1)C(=O)[C@@H]1CCCNC1. The molecular weight excluding hydrogens is 188 g/mol. The van der Waals surface area contributed by atoms with Crippen molar-refractivity contribution >= 4 is 5.91 Å². The zero-order valence-electron chi connectivity index (χ0n) is 9.67. The Balaban J connectivity index is 1.77. The number of nitrogens with one attached hydrogen (secondary N) is 1. The molecule has 0 radical (unpaired) electrons. The van der Waals surface area contributed by atoms with E-state index >= 15 is 0 Å². The molecule has 0 aromatic heterocycles. The molecule has 0 spiro atoms. The molecule has 1 aliphatic carbocycles. The van der Waals surface area contributed by atoms with Crippen LogP contribution in [0.3, 0.4) is 0 Å². The molecule has 2 aliphatic rings. The van der Waals surface area contributed by atoms with Gasteiger partial charge in [0.2, 0.25) is 5.91 Å². The fourth-order valence-corrected chi connectivity index (χ4v) is 2.53. The highest BCUT2D eigenvalue weighted by molar-refractivity contribution is 5.78. The van der Waals surface area contributed by atoms with Gasteiger partial charge in [0, 0.05) is 20.1 Å². The van der Waals surface area contributed by atoms with Crippen LogP contribution in [-0.4, -0.2) is 37.5 Å². The van der Waals surface area contributed by atoms with Crippen molar-refractivity contribution in [1.29, 1.82) is 0 Å². The predicted octanol–water partition coefficient (Wildman–Crippen LogP) is 1.24. The van der Waals surface area contributed by atoms with E-state index in [-0.39, 0.29) is 5.92 Å². The summed E-state index contributed by atoms with van der Waals surface area (Å²) in [5.74, 6) is 1.38. The molecule has 1 atom stereocenters. The molecule has 3 nitrogen and oxygen atoms in total. The lowest BCUT2D eigenvalue weighted by Gasteiger charge is -2.33. The summed E-state index contributed by atoms with van der Waals surface area (Å²) in [5.41, 5.74) is 0. The van der Waals surface area contributed by atoms with Crippen LogP contribution in [0.1, 0.15) is 32.1 Å².